The number of hydrogen-bond donors (Lipinski definition) is 1. The number of ketones is 1. The summed E-state index contributed by atoms with van der Waals surface area (Å²) >= 11 is 0. The lowest BCUT2D eigenvalue weighted by Crippen LogP contribution is -2.46. The molecule has 0 radical (unpaired) electrons. The van der Waals surface area contributed by atoms with E-state index in [1.807, 2.05) is 7.05 Å². The van der Waals surface area contributed by atoms with Gasteiger partial charge in [0.1, 0.15) is 17.9 Å². The average Bonchev–Trinajstić information content (AvgIpc) is 2.76. The van der Waals surface area contributed by atoms with Crippen molar-refractivity contribution >= 4 is 5.78 Å². The number of nitrogens with one attached hydrogen (secondary N) is 1. The molecule has 5 nitrogen and oxygen atoms in total. The van der Waals surface area contributed by atoms with Gasteiger partial charge in [-0.25, -0.2) is 4.98 Å². The Morgan fingerprint density at radius 2 is 2.44 bits per heavy atom. The first kappa shape index (κ1) is 13.2. The van der Waals surface area contributed by atoms with Crippen molar-refractivity contribution in [2.75, 3.05) is 13.1 Å². The van der Waals surface area contributed by atoms with Crippen molar-refractivity contribution in [2.24, 2.45) is 12.5 Å². The molecule has 1 atom stereocenters. The zero-order valence-electron chi connectivity index (χ0n) is 11.3. The molecule has 1 N–H and O–H groups in total. The molecule has 100 valence electrons. The summed E-state index contributed by atoms with van der Waals surface area (Å²) in [6.07, 6.45) is 6.02. The molecule has 1 aliphatic rings. The number of rotatable bonds is 5. The fraction of sp³-hybridized carbons (Fsp3) is 0.769. The van der Waals surface area contributed by atoms with Crippen LogP contribution in [0.2, 0.25) is 0 Å². The molecule has 0 amide bonds. The van der Waals surface area contributed by atoms with Crippen molar-refractivity contribution in [3.05, 3.63) is 12.2 Å². The lowest BCUT2D eigenvalue weighted by atomic mass is 9.72. The molecule has 0 saturated carbocycles. The summed E-state index contributed by atoms with van der Waals surface area (Å²) < 4.78 is 1.69. The predicted octanol–water partition coefficient (Wildman–Crippen LogP) is 1.10. The maximum atomic E-state index is 12.6. The van der Waals surface area contributed by atoms with Crippen molar-refractivity contribution in [2.45, 2.75) is 39.0 Å². The van der Waals surface area contributed by atoms with E-state index in [9.17, 15) is 4.79 Å². The molecule has 1 aromatic rings. The topological polar surface area (TPSA) is 59.8 Å². The quantitative estimate of drug-likeness (QED) is 0.850. The molecule has 5 heteroatoms. The number of aromatic nitrogens is 3. The monoisotopic (exact) mass is 250 g/mol. The Kier molecular flexibility index (Phi) is 4.11. The second-order valence-corrected chi connectivity index (χ2v) is 5.21. The molecule has 1 unspecified atom stereocenters. The number of nitrogens with zero attached hydrogens (tertiary/aromatic N) is 3. The van der Waals surface area contributed by atoms with Gasteiger partial charge in [-0.2, -0.15) is 5.10 Å². The van der Waals surface area contributed by atoms with Crippen LogP contribution in [-0.2, 0) is 18.3 Å². The molecule has 1 aromatic heterocycles. The van der Waals surface area contributed by atoms with Gasteiger partial charge in [-0.1, -0.05) is 13.3 Å². The van der Waals surface area contributed by atoms with E-state index in [-0.39, 0.29) is 5.41 Å². The lowest BCUT2D eigenvalue weighted by Gasteiger charge is -2.36. The van der Waals surface area contributed by atoms with Gasteiger partial charge in [0.15, 0.2) is 0 Å². The molecule has 1 fully saturated rings. The Bertz CT molecular complexity index is 401. The Morgan fingerprint density at radius 3 is 3.00 bits per heavy atom. The summed E-state index contributed by atoms with van der Waals surface area (Å²) in [5, 5.41) is 7.39. The van der Waals surface area contributed by atoms with E-state index >= 15 is 0 Å². The highest BCUT2D eigenvalue weighted by molar-refractivity contribution is 5.86. The van der Waals surface area contributed by atoms with Gasteiger partial charge < -0.3 is 5.32 Å². The van der Waals surface area contributed by atoms with E-state index in [0.717, 1.165) is 44.6 Å². The molecule has 0 aromatic carbocycles. The molecule has 0 spiro atoms. The predicted molar refractivity (Wildman–Crippen MR) is 69.2 cm³/mol. The van der Waals surface area contributed by atoms with Crippen molar-refractivity contribution < 1.29 is 4.79 Å². The number of carbonyl (C=O) groups excluding carboxylic acids is 1. The van der Waals surface area contributed by atoms with Gasteiger partial charge in [-0.05, 0) is 25.8 Å². The normalized spacial score (nSPS) is 24.1. The summed E-state index contributed by atoms with van der Waals surface area (Å²) in [4.78, 5) is 16.8. The highest BCUT2D eigenvalue weighted by Gasteiger charge is 2.38. The minimum Gasteiger partial charge on any atom is -0.316 e. The second kappa shape index (κ2) is 5.61. The maximum absolute atomic E-state index is 12.6. The smallest absolute Gasteiger partial charge is 0.147 e. The van der Waals surface area contributed by atoms with Crippen molar-refractivity contribution in [3.8, 4) is 0 Å². The molecule has 18 heavy (non-hydrogen) atoms. The van der Waals surface area contributed by atoms with E-state index in [4.69, 9.17) is 0 Å². The van der Waals surface area contributed by atoms with Crippen molar-refractivity contribution in [1.29, 1.82) is 0 Å². The number of hydrogen-bond acceptors (Lipinski definition) is 4. The number of piperidine rings is 1. The first-order valence-electron chi connectivity index (χ1n) is 6.75. The minimum absolute atomic E-state index is 0.182. The van der Waals surface area contributed by atoms with Crippen molar-refractivity contribution in [1.82, 2.24) is 20.1 Å². The van der Waals surface area contributed by atoms with Crippen molar-refractivity contribution in [3.63, 3.8) is 0 Å². The summed E-state index contributed by atoms with van der Waals surface area (Å²) in [5.41, 5.74) is -0.182. The van der Waals surface area contributed by atoms with Gasteiger partial charge in [0.2, 0.25) is 0 Å². The van der Waals surface area contributed by atoms with E-state index in [1.165, 1.54) is 6.33 Å². The second-order valence-electron chi connectivity index (χ2n) is 5.21. The zero-order chi connectivity index (χ0) is 13.0. The number of aryl methyl sites for hydroxylation is 1. The SMILES string of the molecule is CCCC1(C(=O)Cc2ncnn2C)CCCNC1. The van der Waals surface area contributed by atoms with Crippen LogP contribution in [0.5, 0.6) is 0 Å². The Morgan fingerprint density at radius 1 is 1.61 bits per heavy atom. The van der Waals surface area contributed by atoms with Crippen LogP contribution < -0.4 is 5.32 Å². The van der Waals surface area contributed by atoms with Gasteiger partial charge in [0.25, 0.3) is 0 Å². The summed E-state index contributed by atoms with van der Waals surface area (Å²) in [6.45, 7) is 3.99. The van der Waals surface area contributed by atoms with E-state index < -0.39 is 0 Å². The molecule has 1 aliphatic heterocycles. The van der Waals surface area contributed by atoms with Gasteiger partial charge in [-0.3, -0.25) is 9.48 Å². The van der Waals surface area contributed by atoms with Crippen LogP contribution in [0.4, 0.5) is 0 Å². The van der Waals surface area contributed by atoms with Gasteiger partial charge in [0.05, 0.1) is 6.42 Å². The summed E-state index contributed by atoms with van der Waals surface area (Å²) in [7, 11) is 1.83. The van der Waals surface area contributed by atoms with Gasteiger partial charge in [-0.15, -0.1) is 0 Å². The average molecular weight is 250 g/mol. The third-order valence-electron chi connectivity index (χ3n) is 3.92. The minimum atomic E-state index is -0.182. The van der Waals surface area contributed by atoms with Crippen LogP contribution in [0.3, 0.4) is 0 Å². The van der Waals surface area contributed by atoms with Crippen LogP contribution in [0.1, 0.15) is 38.4 Å². The van der Waals surface area contributed by atoms with Crippen LogP contribution in [0.15, 0.2) is 6.33 Å². The first-order chi connectivity index (χ1) is 8.68. The highest BCUT2D eigenvalue weighted by atomic mass is 16.1. The molecular formula is C13H22N4O. The van der Waals surface area contributed by atoms with E-state index in [0.29, 0.717) is 12.2 Å². The summed E-state index contributed by atoms with van der Waals surface area (Å²) in [5.74, 6) is 1.08. The molecule has 2 rings (SSSR count). The third-order valence-corrected chi connectivity index (χ3v) is 3.92. The molecular weight excluding hydrogens is 228 g/mol. The number of Topliss-reactive ketones (excluding diaryl/α,β-unsaturated/α-hetero) is 1. The highest BCUT2D eigenvalue weighted by Crippen LogP contribution is 2.33. The van der Waals surface area contributed by atoms with Gasteiger partial charge >= 0.3 is 0 Å². The summed E-state index contributed by atoms with van der Waals surface area (Å²) in [6, 6.07) is 0. The standard InChI is InChI=1S/C13H22N4O/c1-3-5-13(6-4-7-14-9-13)11(18)8-12-15-10-16-17(12)2/h10,14H,3-9H2,1-2H3. The van der Waals surface area contributed by atoms with E-state index in [2.05, 4.69) is 22.3 Å². The molecule has 1 saturated heterocycles. The lowest BCUT2D eigenvalue weighted by molar-refractivity contribution is -0.129. The molecule has 0 bridgehead atoms. The number of carbonyl (C=O) groups is 1. The van der Waals surface area contributed by atoms with Gasteiger partial charge in [0, 0.05) is 19.0 Å². The van der Waals surface area contributed by atoms with Crippen LogP contribution in [-0.4, -0.2) is 33.6 Å². The zero-order valence-corrected chi connectivity index (χ0v) is 11.3. The fourth-order valence-corrected chi connectivity index (χ4v) is 2.85. The van der Waals surface area contributed by atoms with Crippen LogP contribution in [0, 0.1) is 5.41 Å². The maximum Gasteiger partial charge on any atom is 0.147 e. The fourth-order valence-electron chi connectivity index (χ4n) is 2.85. The molecule has 0 aliphatic carbocycles. The Labute approximate surface area is 108 Å². The first-order valence-corrected chi connectivity index (χ1v) is 6.75. The van der Waals surface area contributed by atoms with Crippen LogP contribution >= 0.6 is 0 Å². The Hall–Kier alpha value is -1.23. The third kappa shape index (κ3) is 2.61. The Balaban J connectivity index is 2.11. The van der Waals surface area contributed by atoms with Crippen LogP contribution in [0.25, 0.3) is 0 Å². The molecule has 2 heterocycles. The largest absolute Gasteiger partial charge is 0.316 e. The van der Waals surface area contributed by atoms with E-state index in [1.54, 1.807) is 4.68 Å².